The average molecular weight is 447 g/mol. The standard InChI is InChI=1S/C22H26N2O4S2/c1-3-19-22(26)24-18-14-17(7-8-20(18)29-19)30(27,28)12-10-21(25)23-11-9-16-6-4-5-15(2)13-16/h4-8,13-14,19H,3,9-12H2,1-2H3,(H,23,25)(H,24,26). The molecule has 2 aromatic rings. The minimum Gasteiger partial charge on any atom is -0.356 e. The molecule has 6 nitrogen and oxygen atoms in total. The molecule has 160 valence electrons. The van der Waals surface area contributed by atoms with Gasteiger partial charge in [0.2, 0.25) is 11.8 Å². The number of nitrogens with one attached hydrogen (secondary N) is 2. The number of rotatable bonds is 8. The number of anilines is 1. The summed E-state index contributed by atoms with van der Waals surface area (Å²) in [5, 5.41) is 5.40. The summed E-state index contributed by atoms with van der Waals surface area (Å²) in [5.74, 6) is -0.683. The fourth-order valence-corrected chi connectivity index (χ4v) is 5.52. The van der Waals surface area contributed by atoms with E-state index in [4.69, 9.17) is 0 Å². The SMILES string of the molecule is CCC1Sc2ccc(S(=O)(=O)CCC(=O)NCCc3cccc(C)c3)cc2NC1=O. The van der Waals surface area contributed by atoms with Crippen molar-refractivity contribution >= 4 is 39.1 Å². The van der Waals surface area contributed by atoms with Crippen LogP contribution in [0.2, 0.25) is 0 Å². The molecule has 3 rings (SSSR count). The first-order valence-electron chi connectivity index (χ1n) is 9.95. The molecule has 30 heavy (non-hydrogen) atoms. The highest BCUT2D eigenvalue weighted by Gasteiger charge is 2.27. The van der Waals surface area contributed by atoms with E-state index in [0.717, 1.165) is 16.0 Å². The monoisotopic (exact) mass is 446 g/mol. The molecule has 0 bridgehead atoms. The molecule has 2 aromatic carbocycles. The highest BCUT2D eigenvalue weighted by molar-refractivity contribution is 8.01. The minimum atomic E-state index is -3.63. The molecular weight excluding hydrogens is 420 g/mol. The van der Waals surface area contributed by atoms with Crippen LogP contribution >= 0.6 is 11.8 Å². The number of hydrogen-bond donors (Lipinski definition) is 2. The molecule has 0 saturated carbocycles. The smallest absolute Gasteiger partial charge is 0.237 e. The predicted octanol–water partition coefficient (Wildman–Crippen LogP) is 3.34. The van der Waals surface area contributed by atoms with Crippen LogP contribution in [0.25, 0.3) is 0 Å². The molecule has 0 spiro atoms. The zero-order valence-electron chi connectivity index (χ0n) is 17.1. The number of carbonyl (C=O) groups is 2. The van der Waals surface area contributed by atoms with Crippen LogP contribution in [0, 0.1) is 6.92 Å². The summed E-state index contributed by atoms with van der Waals surface area (Å²) in [5.41, 5.74) is 2.80. The molecule has 1 unspecified atom stereocenters. The van der Waals surface area contributed by atoms with Crippen molar-refractivity contribution < 1.29 is 18.0 Å². The normalized spacial score (nSPS) is 15.9. The molecule has 1 aliphatic heterocycles. The van der Waals surface area contributed by atoms with Gasteiger partial charge in [-0.05, 0) is 43.5 Å². The van der Waals surface area contributed by atoms with Gasteiger partial charge in [0.1, 0.15) is 0 Å². The molecule has 1 aliphatic rings. The molecule has 1 atom stereocenters. The number of hydrogen-bond acceptors (Lipinski definition) is 5. The van der Waals surface area contributed by atoms with E-state index < -0.39 is 9.84 Å². The van der Waals surface area contributed by atoms with Crippen LogP contribution < -0.4 is 10.6 Å². The molecule has 0 aliphatic carbocycles. The van der Waals surface area contributed by atoms with Crippen LogP contribution in [0.1, 0.15) is 30.9 Å². The third-order valence-electron chi connectivity index (χ3n) is 4.92. The van der Waals surface area contributed by atoms with Crippen molar-refractivity contribution in [3.05, 3.63) is 53.6 Å². The van der Waals surface area contributed by atoms with Gasteiger partial charge in [0.05, 0.1) is 21.6 Å². The van der Waals surface area contributed by atoms with Crippen molar-refractivity contribution in [3.63, 3.8) is 0 Å². The Hall–Kier alpha value is -2.32. The Morgan fingerprint density at radius 1 is 1.20 bits per heavy atom. The number of benzene rings is 2. The largest absolute Gasteiger partial charge is 0.356 e. The number of carbonyl (C=O) groups excluding carboxylic acids is 2. The van der Waals surface area contributed by atoms with E-state index in [1.54, 1.807) is 12.1 Å². The molecule has 2 N–H and O–H groups in total. The van der Waals surface area contributed by atoms with Gasteiger partial charge in [-0.1, -0.05) is 36.8 Å². The van der Waals surface area contributed by atoms with Crippen LogP contribution in [0.4, 0.5) is 5.69 Å². The summed E-state index contributed by atoms with van der Waals surface area (Å²) in [4.78, 5) is 25.1. The van der Waals surface area contributed by atoms with Crippen LogP contribution in [0.5, 0.6) is 0 Å². The maximum Gasteiger partial charge on any atom is 0.237 e. The summed E-state index contributed by atoms with van der Waals surface area (Å²) in [7, 11) is -3.63. The first-order valence-corrected chi connectivity index (χ1v) is 12.5. The Bertz CT molecular complexity index is 1050. The van der Waals surface area contributed by atoms with Crippen molar-refractivity contribution in [2.75, 3.05) is 17.6 Å². The minimum absolute atomic E-state index is 0.105. The molecular formula is C22H26N2O4S2. The lowest BCUT2D eigenvalue weighted by molar-refractivity contribution is -0.120. The highest BCUT2D eigenvalue weighted by atomic mass is 32.2. The first-order chi connectivity index (χ1) is 14.3. The summed E-state index contributed by atoms with van der Waals surface area (Å²) < 4.78 is 25.3. The zero-order valence-corrected chi connectivity index (χ0v) is 18.7. The van der Waals surface area contributed by atoms with Crippen LogP contribution in [-0.2, 0) is 25.8 Å². The van der Waals surface area contributed by atoms with Crippen molar-refractivity contribution in [3.8, 4) is 0 Å². The van der Waals surface area contributed by atoms with Gasteiger partial charge < -0.3 is 10.6 Å². The molecule has 0 saturated heterocycles. The van der Waals surface area contributed by atoms with Gasteiger partial charge in [0.25, 0.3) is 0 Å². The quantitative estimate of drug-likeness (QED) is 0.649. The Morgan fingerprint density at radius 3 is 2.73 bits per heavy atom. The van der Waals surface area contributed by atoms with Crippen molar-refractivity contribution in [1.29, 1.82) is 0 Å². The first kappa shape index (κ1) is 22.4. The molecule has 0 fully saturated rings. The van der Waals surface area contributed by atoms with Crippen LogP contribution in [0.3, 0.4) is 0 Å². The van der Waals surface area contributed by atoms with E-state index in [2.05, 4.69) is 16.7 Å². The summed E-state index contributed by atoms with van der Waals surface area (Å²) in [6.45, 7) is 4.41. The summed E-state index contributed by atoms with van der Waals surface area (Å²) in [6.07, 6.45) is 1.29. The topological polar surface area (TPSA) is 92.3 Å². The number of aryl methyl sites for hydroxylation is 1. The molecule has 1 heterocycles. The lowest BCUT2D eigenvalue weighted by Crippen LogP contribution is -2.29. The van der Waals surface area contributed by atoms with E-state index in [1.165, 1.54) is 17.8 Å². The van der Waals surface area contributed by atoms with E-state index in [-0.39, 0.29) is 34.1 Å². The van der Waals surface area contributed by atoms with Gasteiger partial charge >= 0.3 is 0 Å². The van der Waals surface area contributed by atoms with Gasteiger partial charge in [0, 0.05) is 17.9 Å². The van der Waals surface area contributed by atoms with Crippen molar-refractivity contribution in [2.24, 2.45) is 0 Å². The Labute approximate surface area is 181 Å². The number of amides is 2. The Morgan fingerprint density at radius 2 is 2.00 bits per heavy atom. The van der Waals surface area contributed by atoms with E-state index in [1.807, 2.05) is 32.0 Å². The lowest BCUT2D eigenvalue weighted by atomic mass is 10.1. The zero-order chi connectivity index (χ0) is 21.7. The second-order valence-electron chi connectivity index (χ2n) is 7.32. The maximum absolute atomic E-state index is 12.7. The molecule has 0 aromatic heterocycles. The van der Waals surface area contributed by atoms with Crippen molar-refractivity contribution in [1.82, 2.24) is 5.32 Å². The van der Waals surface area contributed by atoms with Gasteiger partial charge in [-0.3, -0.25) is 9.59 Å². The Kier molecular flexibility index (Phi) is 7.20. The van der Waals surface area contributed by atoms with Gasteiger partial charge in [0.15, 0.2) is 9.84 Å². The van der Waals surface area contributed by atoms with Crippen LogP contribution in [-0.4, -0.2) is 37.8 Å². The number of sulfone groups is 1. The lowest BCUT2D eigenvalue weighted by Gasteiger charge is -2.23. The molecule has 2 amide bonds. The fraction of sp³-hybridized carbons (Fsp3) is 0.364. The summed E-state index contributed by atoms with van der Waals surface area (Å²) in [6, 6.07) is 12.8. The number of thioether (sulfide) groups is 1. The number of fused-ring (bicyclic) bond motifs is 1. The third kappa shape index (κ3) is 5.64. The fourth-order valence-electron chi connectivity index (χ4n) is 3.24. The Balaban J connectivity index is 1.54. The van der Waals surface area contributed by atoms with E-state index >= 15 is 0 Å². The predicted molar refractivity (Wildman–Crippen MR) is 120 cm³/mol. The maximum atomic E-state index is 12.7. The van der Waals surface area contributed by atoms with E-state index in [9.17, 15) is 18.0 Å². The van der Waals surface area contributed by atoms with Crippen LogP contribution in [0.15, 0.2) is 52.3 Å². The van der Waals surface area contributed by atoms with E-state index in [0.29, 0.717) is 25.1 Å². The summed E-state index contributed by atoms with van der Waals surface area (Å²) >= 11 is 1.44. The second kappa shape index (κ2) is 9.66. The molecule has 0 radical (unpaired) electrons. The van der Waals surface area contributed by atoms with Crippen molar-refractivity contribution in [2.45, 2.75) is 48.2 Å². The second-order valence-corrected chi connectivity index (χ2v) is 10.7. The van der Waals surface area contributed by atoms with Gasteiger partial charge in [-0.2, -0.15) is 0 Å². The molecule has 8 heteroatoms. The third-order valence-corrected chi connectivity index (χ3v) is 8.07. The highest BCUT2D eigenvalue weighted by Crippen LogP contribution is 2.38. The average Bonchev–Trinajstić information content (AvgIpc) is 2.71. The van der Waals surface area contributed by atoms with Gasteiger partial charge in [-0.15, -0.1) is 11.8 Å². The van der Waals surface area contributed by atoms with Gasteiger partial charge in [-0.25, -0.2) is 8.42 Å².